The lowest BCUT2D eigenvalue weighted by atomic mass is 10.1. The fourth-order valence-corrected chi connectivity index (χ4v) is 5.97. The zero-order valence-corrected chi connectivity index (χ0v) is 18.6. The van der Waals surface area contributed by atoms with Crippen LogP contribution in [0.4, 0.5) is 0 Å². The van der Waals surface area contributed by atoms with Gasteiger partial charge in [-0.1, -0.05) is 36.4 Å². The molecule has 1 aliphatic rings. The van der Waals surface area contributed by atoms with Gasteiger partial charge in [-0.2, -0.15) is 4.31 Å². The molecule has 9 heteroatoms. The molecule has 5 rings (SSSR count). The predicted octanol–water partition coefficient (Wildman–Crippen LogP) is 4.02. The number of piperazine rings is 1. The van der Waals surface area contributed by atoms with Gasteiger partial charge in [-0.3, -0.25) is 4.90 Å². The first-order chi connectivity index (χ1) is 15.0. The Balaban J connectivity index is 1.28. The second kappa shape index (κ2) is 8.16. The molecule has 3 heterocycles. The van der Waals surface area contributed by atoms with Gasteiger partial charge in [0.15, 0.2) is 0 Å². The Morgan fingerprint density at radius 3 is 2.48 bits per heavy atom. The van der Waals surface area contributed by atoms with E-state index in [0.717, 1.165) is 15.6 Å². The molecule has 1 saturated heterocycles. The lowest BCUT2D eigenvalue weighted by Crippen LogP contribution is -2.49. The molecule has 1 fully saturated rings. The standard InChI is InChI=1S/C22H22N4O3S2/c1-16(21-23-24-22(29-21)20-7-4-14-30-20)25-10-12-26(13-11-25)31(27,28)19-9-8-17-5-2-3-6-18(17)15-19/h2-9,14-16H,10-13H2,1H3/t16-/m1/s1. The van der Waals surface area contributed by atoms with E-state index >= 15 is 0 Å². The molecule has 2 aromatic carbocycles. The number of aromatic nitrogens is 2. The summed E-state index contributed by atoms with van der Waals surface area (Å²) in [6.07, 6.45) is 0. The average molecular weight is 455 g/mol. The summed E-state index contributed by atoms with van der Waals surface area (Å²) in [7, 11) is -3.54. The molecule has 0 spiro atoms. The molecule has 0 amide bonds. The summed E-state index contributed by atoms with van der Waals surface area (Å²) in [4.78, 5) is 3.46. The van der Waals surface area contributed by atoms with E-state index in [0.29, 0.717) is 42.9 Å². The quantitative estimate of drug-likeness (QED) is 0.453. The topological polar surface area (TPSA) is 79.5 Å². The van der Waals surface area contributed by atoms with Gasteiger partial charge in [0.05, 0.1) is 15.8 Å². The summed E-state index contributed by atoms with van der Waals surface area (Å²) in [6, 6.07) is 16.9. The van der Waals surface area contributed by atoms with Crippen molar-refractivity contribution >= 4 is 32.1 Å². The largest absolute Gasteiger partial charge is 0.418 e. The van der Waals surface area contributed by atoms with Crippen LogP contribution in [0.3, 0.4) is 0 Å². The fourth-order valence-electron chi connectivity index (χ4n) is 3.87. The number of rotatable bonds is 5. The van der Waals surface area contributed by atoms with Gasteiger partial charge in [0, 0.05) is 26.2 Å². The number of benzene rings is 2. The van der Waals surface area contributed by atoms with Crippen LogP contribution in [0.15, 0.2) is 69.3 Å². The Morgan fingerprint density at radius 1 is 0.968 bits per heavy atom. The molecule has 0 saturated carbocycles. The van der Waals surface area contributed by atoms with E-state index in [9.17, 15) is 8.42 Å². The van der Waals surface area contributed by atoms with Crippen molar-refractivity contribution in [1.29, 1.82) is 0 Å². The third kappa shape index (κ3) is 3.89. The minimum Gasteiger partial charge on any atom is -0.418 e. The molecule has 1 aliphatic heterocycles. The van der Waals surface area contributed by atoms with E-state index in [1.807, 2.05) is 54.8 Å². The number of sulfonamides is 1. The molecule has 0 bridgehead atoms. The van der Waals surface area contributed by atoms with Gasteiger partial charge in [0.25, 0.3) is 5.89 Å². The number of thiophene rings is 1. The summed E-state index contributed by atoms with van der Waals surface area (Å²) >= 11 is 1.55. The minimum atomic E-state index is -3.54. The highest BCUT2D eigenvalue weighted by Crippen LogP contribution is 2.28. The van der Waals surface area contributed by atoms with E-state index < -0.39 is 10.0 Å². The van der Waals surface area contributed by atoms with Crippen LogP contribution in [0.5, 0.6) is 0 Å². The summed E-state index contributed by atoms with van der Waals surface area (Å²) in [5, 5.41) is 12.3. The van der Waals surface area contributed by atoms with E-state index in [1.165, 1.54) is 0 Å². The van der Waals surface area contributed by atoms with Crippen LogP contribution in [0.25, 0.3) is 21.5 Å². The average Bonchev–Trinajstić information content (AvgIpc) is 3.50. The lowest BCUT2D eigenvalue weighted by molar-refractivity contribution is 0.129. The molecular formula is C22H22N4O3S2. The van der Waals surface area contributed by atoms with E-state index in [4.69, 9.17) is 4.42 Å². The van der Waals surface area contributed by atoms with Gasteiger partial charge in [-0.25, -0.2) is 8.42 Å². The van der Waals surface area contributed by atoms with Crippen molar-refractivity contribution in [3.63, 3.8) is 0 Å². The van der Waals surface area contributed by atoms with Gasteiger partial charge in [-0.05, 0) is 41.3 Å². The van der Waals surface area contributed by atoms with Gasteiger partial charge in [0.2, 0.25) is 15.9 Å². The maximum Gasteiger partial charge on any atom is 0.257 e. The Hall–Kier alpha value is -2.59. The van der Waals surface area contributed by atoms with Crippen LogP contribution in [0.2, 0.25) is 0 Å². The lowest BCUT2D eigenvalue weighted by Gasteiger charge is -2.36. The maximum absolute atomic E-state index is 13.2. The number of fused-ring (bicyclic) bond motifs is 1. The van der Waals surface area contributed by atoms with Crippen LogP contribution in [-0.2, 0) is 10.0 Å². The van der Waals surface area contributed by atoms with Crippen molar-refractivity contribution in [2.24, 2.45) is 0 Å². The first-order valence-corrected chi connectivity index (χ1v) is 12.4. The minimum absolute atomic E-state index is 0.0771. The first kappa shape index (κ1) is 20.3. The normalized spacial score (nSPS) is 17.2. The van der Waals surface area contributed by atoms with Crippen LogP contribution < -0.4 is 0 Å². The highest BCUT2D eigenvalue weighted by atomic mass is 32.2. The summed E-state index contributed by atoms with van der Waals surface area (Å²) in [6.45, 7) is 4.06. The SMILES string of the molecule is C[C@H](c1nnc(-c2cccs2)o1)N1CCN(S(=O)(=O)c2ccc3ccccc3c2)CC1. The van der Waals surface area contributed by atoms with Crippen molar-refractivity contribution in [1.82, 2.24) is 19.4 Å². The van der Waals surface area contributed by atoms with Gasteiger partial charge in [0.1, 0.15) is 0 Å². The summed E-state index contributed by atoms with van der Waals surface area (Å²) < 4.78 is 33.8. The molecule has 1 atom stereocenters. The Morgan fingerprint density at radius 2 is 1.74 bits per heavy atom. The molecule has 7 nitrogen and oxygen atoms in total. The summed E-state index contributed by atoms with van der Waals surface area (Å²) in [5.74, 6) is 1.07. The zero-order chi connectivity index (χ0) is 21.4. The van der Waals surface area contributed by atoms with Crippen molar-refractivity contribution < 1.29 is 12.8 Å². The first-order valence-electron chi connectivity index (χ1n) is 10.1. The van der Waals surface area contributed by atoms with Crippen LogP contribution in [0, 0.1) is 0 Å². The van der Waals surface area contributed by atoms with Crippen LogP contribution in [-0.4, -0.2) is 54.0 Å². The molecule has 0 unspecified atom stereocenters. The fraction of sp³-hybridized carbons (Fsp3) is 0.273. The monoisotopic (exact) mass is 454 g/mol. The Labute approximate surface area is 185 Å². The molecule has 2 aromatic heterocycles. The third-order valence-electron chi connectivity index (χ3n) is 5.71. The van der Waals surface area contributed by atoms with Crippen LogP contribution in [0.1, 0.15) is 18.9 Å². The van der Waals surface area contributed by atoms with Gasteiger partial charge in [-0.15, -0.1) is 21.5 Å². The third-order valence-corrected chi connectivity index (χ3v) is 8.46. The van der Waals surface area contributed by atoms with E-state index in [2.05, 4.69) is 15.1 Å². The molecule has 160 valence electrons. The number of hydrogen-bond acceptors (Lipinski definition) is 7. The Bertz CT molecular complexity index is 1290. The number of nitrogens with zero attached hydrogens (tertiary/aromatic N) is 4. The molecule has 0 aliphatic carbocycles. The van der Waals surface area contributed by atoms with Gasteiger partial charge >= 0.3 is 0 Å². The number of hydrogen-bond donors (Lipinski definition) is 0. The molecular weight excluding hydrogens is 432 g/mol. The van der Waals surface area contributed by atoms with Crippen molar-refractivity contribution in [2.75, 3.05) is 26.2 Å². The Kier molecular flexibility index (Phi) is 5.35. The zero-order valence-electron chi connectivity index (χ0n) is 17.0. The molecule has 0 N–H and O–H groups in total. The second-order valence-electron chi connectivity index (χ2n) is 7.55. The van der Waals surface area contributed by atoms with Crippen molar-refractivity contribution in [3.8, 4) is 10.8 Å². The van der Waals surface area contributed by atoms with Gasteiger partial charge < -0.3 is 4.42 Å². The van der Waals surface area contributed by atoms with Crippen molar-refractivity contribution in [3.05, 3.63) is 65.9 Å². The predicted molar refractivity (Wildman–Crippen MR) is 120 cm³/mol. The molecule has 31 heavy (non-hydrogen) atoms. The van der Waals surface area contributed by atoms with E-state index in [1.54, 1.807) is 27.8 Å². The molecule has 0 radical (unpaired) electrons. The van der Waals surface area contributed by atoms with E-state index in [-0.39, 0.29) is 6.04 Å². The highest BCUT2D eigenvalue weighted by Gasteiger charge is 2.32. The van der Waals surface area contributed by atoms with Crippen LogP contribution >= 0.6 is 11.3 Å². The van der Waals surface area contributed by atoms with Crippen molar-refractivity contribution in [2.45, 2.75) is 17.9 Å². The smallest absolute Gasteiger partial charge is 0.257 e. The highest BCUT2D eigenvalue weighted by molar-refractivity contribution is 7.89. The maximum atomic E-state index is 13.2. The summed E-state index contributed by atoms with van der Waals surface area (Å²) in [5.41, 5.74) is 0. The molecule has 4 aromatic rings. The second-order valence-corrected chi connectivity index (χ2v) is 10.4.